The molecule has 6 N–H and O–H groups in total. The van der Waals surface area contributed by atoms with E-state index in [4.69, 9.17) is 19.3 Å². The van der Waals surface area contributed by atoms with E-state index in [9.17, 15) is 39.0 Å². The maximum Gasteiger partial charge on any atom is 0.407 e. The maximum atomic E-state index is 13.2. The Morgan fingerprint density at radius 3 is 2.47 bits per heavy atom. The van der Waals surface area contributed by atoms with Gasteiger partial charge in [0, 0.05) is 31.1 Å². The van der Waals surface area contributed by atoms with Crippen LogP contribution in [0.5, 0.6) is 0 Å². The molecule has 300 valence electrons. The first kappa shape index (κ1) is 41.5. The van der Waals surface area contributed by atoms with E-state index in [-0.39, 0.29) is 93.1 Å². The van der Waals surface area contributed by atoms with Crippen LogP contribution in [0.25, 0.3) is 0 Å². The second-order valence-electron chi connectivity index (χ2n) is 14.7. The molecule has 1 aromatic carbocycles. The molecule has 5 rings (SSSR count). The first-order valence-electron chi connectivity index (χ1n) is 19.0. The Morgan fingerprint density at radius 1 is 1.00 bits per heavy atom. The highest BCUT2D eigenvalue weighted by atomic mass is 16.6. The molecule has 16 heteroatoms. The van der Waals surface area contributed by atoms with Crippen LogP contribution in [0.4, 0.5) is 10.5 Å². The average molecular weight is 769 g/mol. The second-order valence-corrected chi connectivity index (χ2v) is 14.7. The molecule has 0 saturated carbocycles. The van der Waals surface area contributed by atoms with E-state index >= 15 is 0 Å². The molecule has 0 aromatic heterocycles. The van der Waals surface area contributed by atoms with E-state index in [0.29, 0.717) is 31.5 Å². The standard InChI is InChI=1S/C39H52N4O12/c1-22-18-24-7-6-23(2)27(9-8-25(44)20-26(45)21-33(47)48)34(24)31(19-22)55-39(52)41-13-15-54-17-16-53-14-12-40-29-5-3-4-28-35(29)38(51)43(37(28)50)30-10-11-32(46)42-36(30)49/h3-7,18,22-23,25-27,30-31,34,40,44-45H,8-17,19-21H2,1-2H3,(H,41,52)(H,47,48)(H,42,46,49)/t22-,23-,25?,26?,27-,30?,31-,34-/m0/s1. The van der Waals surface area contributed by atoms with Gasteiger partial charge in [0.05, 0.1) is 56.2 Å². The lowest BCUT2D eigenvalue weighted by atomic mass is 9.65. The van der Waals surface area contributed by atoms with Crippen molar-refractivity contribution in [3.63, 3.8) is 0 Å². The molecule has 0 radical (unpaired) electrons. The normalized spacial score (nSPS) is 25.7. The number of fused-ring (bicyclic) bond motifs is 2. The molecular formula is C39H52N4O12. The van der Waals surface area contributed by atoms with Gasteiger partial charge < -0.3 is 40.2 Å². The van der Waals surface area contributed by atoms with Gasteiger partial charge in [0.15, 0.2) is 0 Å². The molecule has 0 bridgehead atoms. The summed E-state index contributed by atoms with van der Waals surface area (Å²) in [5.74, 6) is -2.99. The van der Waals surface area contributed by atoms with E-state index in [1.807, 2.05) is 0 Å². The average Bonchev–Trinajstić information content (AvgIpc) is 3.37. The maximum absolute atomic E-state index is 13.2. The molecule has 2 aliphatic carbocycles. The third kappa shape index (κ3) is 10.8. The number of imide groups is 2. The number of carbonyl (C=O) groups excluding carboxylic acids is 5. The van der Waals surface area contributed by atoms with Crippen molar-refractivity contribution in [2.24, 2.45) is 23.7 Å². The summed E-state index contributed by atoms with van der Waals surface area (Å²) in [7, 11) is 0. The van der Waals surface area contributed by atoms with Crippen molar-refractivity contribution >= 4 is 41.4 Å². The van der Waals surface area contributed by atoms with Crippen LogP contribution in [0, 0.1) is 23.7 Å². The number of aliphatic hydroxyl groups is 2. The summed E-state index contributed by atoms with van der Waals surface area (Å²) in [5.41, 5.74) is 1.90. The molecule has 1 fully saturated rings. The highest BCUT2D eigenvalue weighted by Gasteiger charge is 2.46. The summed E-state index contributed by atoms with van der Waals surface area (Å²) < 4.78 is 17.2. The third-order valence-electron chi connectivity index (χ3n) is 10.6. The molecule has 1 saturated heterocycles. The number of carboxylic acid groups (broad SMARTS) is 1. The van der Waals surface area contributed by atoms with Gasteiger partial charge in [-0.3, -0.25) is 34.2 Å². The third-order valence-corrected chi connectivity index (χ3v) is 10.6. The predicted molar refractivity (Wildman–Crippen MR) is 197 cm³/mol. The Morgan fingerprint density at radius 2 is 1.75 bits per heavy atom. The lowest BCUT2D eigenvalue weighted by Crippen LogP contribution is -2.54. The Kier molecular flexibility index (Phi) is 14.6. The number of carboxylic acids is 1. The summed E-state index contributed by atoms with van der Waals surface area (Å²) in [6.45, 7) is 5.77. The fourth-order valence-electron chi connectivity index (χ4n) is 7.97. The SMILES string of the molecule is C[C@H]1C=C2C=C[C@H](C)[C@H](CCC(O)CC(O)CC(=O)O)[C@H]2[C@@H](OC(=O)NCCOCCOCCNc2cccc3c2C(=O)N(C2CCC(=O)NC2=O)C3=O)C1. The number of hydrogen-bond donors (Lipinski definition) is 6. The number of piperidine rings is 1. The number of nitrogens with zero attached hydrogens (tertiary/aromatic N) is 1. The van der Waals surface area contributed by atoms with E-state index in [1.54, 1.807) is 12.1 Å². The zero-order chi connectivity index (χ0) is 39.6. The van der Waals surface area contributed by atoms with Gasteiger partial charge in [-0.2, -0.15) is 0 Å². The highest BCUT2D eigenvalue weighted by molar-refractivity contribution is 6.25. The van der Waals surface area contributed by atoms with Crippen LogP contribution in [0.1, 0.15) is 79.5 Å². The number of ether oxygens (including phenoxy) is 3. The van der Waals surface area contributed by atoms with Gasteiger partial charge in [-0.15, -0.1) is 0 Å². The molecule has 16 nitrogen and oxygen atoms in total. The van der Waals surface area contributed by atoms with E-state index in [1.165, 1.54) is 6.07 Å². The number of allylic oxidation sites excluding steroid dienone is 3. The number of carbonyl (C=O) groups is 6. The molecule has 1 aromatic rings. The number of amides is 5. The first-order chi connectivity index (χ1) is 26.3. The molecule has 55 heavy (non-hydrogen) atoms. The molecular weight excluding hydrogens is 716 g/mol. The largest absolute Gasteiger partial charge is 0.481 e. The van der Waals surface area contributed by atoms with Crippen molar-refractivity contribution < 1.29 is 58.3 Å². The summed E-state index contributed by atoms with van der Waals surface area (Å²) in [6.07, 6.45) is 4.90. The van der Waals surface area contributed by atoms with Crippen molar-refractivity contribution in [3.8, 4) is 0 Å². The molecule has 2 heterocycles. The minimum Gasteiger partial charge on any atom is -0.481 e. The Bertz CT molecular complexity index is 1660. The minimum atomic E-state index is -1.12. The Balaban J connectivity index is 0.985. The van der Waals surface area contributed by atoms with Crippen LogP contribution in [0.3, 0.4) is 0 Å². The summed E-state index contributed by atoms with van der Waals surface area (Å²) in [6, 6.07) is 3.80. The quantitative estimate of drug-likeness (QED) is 0.0879. The van der Waals surface area contributed by atoms with Crippen molar-refractivity contribution in [2.75, 3.05) is 44.8 Å². The number of hydrogen-bond acceptors (Lipinski definition) is 12. The molecule has 2 aliphatic heterocycles. The van der Waals surface area contributed by atoms with Gasteiger partial charge in [-0.1, -0.05) is 38.1 Å². The van der Waals surface area contributed by atoms with E-state index in [0.717, 1.165) is 10.5 Å². The fraction of sp³-hybridized carbons (Fsp3) is 0.590. The second kappa shape index (κ2) is 19.3. The smallest absolute Gasteiger partial charge is 0.407 e. The summed E-state index contributed by atoms with van der Waals surface area (Å²) in [4.78, 5) is 74.8. The summed E-state index contributed by atoms with van der Waals surface area (Å²) >= 11 is 0. The zero-order valence-corrected chi connectivity index (χ0v) is 31.2. The van der Waals surface area contributed by atoms with Crippen molar-refractivity contribution in [1.82, 2.24) is 15.5 Å². The van der Waals surface area contributed by atoms with Crippen molar-refractivity contribution in [1.29, 1.82) is 0 Å². The number of aliphatic carboxylic acids is 1. The Labute approximate surface area is 319 Å². The van der Waals surface area contributed by atoms with E-state index in [2.05, 4.69) is 48.0 Å². The number of anilines is 1. The molecule has 3 unspecified atom stereocenters. The number of benzene rings is 1. The minimum absolute atomic E-state index is 0.0135. The van der Waals surface area contributed by atoms with Gasteiger partial charge >= 0.3 is 12.1 Å². The number of rotatable bonds is 19. The van der Waals surface area contributed by atoms with Crippen LogP contribution in [0.2, 0.25) is 0 Å². The number of aliphatic hydroxyl groups excluding tert-OH is 2. The molecule has 4 aliphatic rings. The summed E-state index contributed by atoms with van der Waals surface area (Å²) in [5, 5.41) is 37.4. The van der Waals surface area contributed by atoms with Gasteiger partial charge in [-0.05, 0) is 67.6 Å². The van der Waals surface area contributed by atoms with Gasteiger partial charge in [0.1, 0.15) is 12.1 Å². The topological polar surface area (TPSA) is 230 Å². The lowest BCUT2D eigenvalue weighted by molar-refractivity contribution is -0.140. The predicted octanol–water partition coefficient (Wildman–Crippen LogP) is 2.40. The van der Waals surface area contributed by atoms with Crippen molar-refractivity contribution in [2.45, 2.75) is 83.1 Å². The van der Waals surface area contributed by atoms with Crippen LogP contribution in [-0.4, -0.2) is 120 Å². The zero-order valence-electron chi connectivity index (χ0n) is 31.2. The van der Waals surface area contributed by atoms with Gasteiger partial charge in [0.2, 0.25) is 11.8 Å². The van der Waals surface area contributed by atoms with Crippen LogP contribution in [0.15, 0.2) is 42.0 Å². The number of alkyl carbamates (subject to hydrolysis) is 1. The fourth-order valence-corrected chi connectivity index (χ4v) is 7.97. The van der Waals surface area contributed by atoms with Crippen molar-refractivity contribution in [3.05, 3.63) is 53.1 Å². The molecule has 5 amide bonds. The lowest BCUT2D eigenvalue weighted by Gasteiger charge is -2.43. The van der Waals surface area contributed by atoms with Gasteiger partial charge in [0.25, 0.3) is 11.8 Å². The molecule has 0 spiro atoms. The Hall–Kier alpha value is -4.64. The first-order valence-corrected chi connectivity index (χ1v) is 19.0. The monoisotopic (exact) mass is 768 g/mol. The van der Waals surface area contributed by atoms with Gasteiger partial charge in [-0.25, -0.2) is 4.79 Å². The highest BCUT2D eigenvalue weighted by Crippen LogP contribution is 2.45. The number of nitrogens with one attached hydrogen (secondary N) is 3. The van der Waals surface area contributed by atoms with Crippen LogP contribution < -0.4 is 16.0 Å². The van der Waals surface area contributed by atoms with E-state index < -0.39 is 60.4 Å². The van der Waals surface area contributed by atoms with Crippen LogP contribution >= 0.6 is 0 Å². The molecule has 8 atom stereocenters. The van der Waals surface area contributed by atoms with Crippen LogP contribution in [-0.2, 0) is 28.6 Å².